The average Bonchev–Trinajstić information content (AvgIpc) is 3.22. The van der Waals surface area contributed by atoms with Gasteiger partial charge in [0, 0.05) is 18.3 Å². The summed E-state index contributed by atoms with van der Waals surface area (Å²) in [6.07, 6.45) is 1.45. The van der Waals surface area contributed by atoms with Crippen LogP contribution in [0.1, 0.15) is 21.9 Å². The number of rotatable bonds is 6. The zero-order chi connectivity index (χ0) is 19.6. The maximum Gasteiger partial charge on any atom is 0.311 e. The van der Waals surface area contributed by atoms with Crippen LogP contribution in [0, 0.1) is 29.8 Å². The van der Waals surface area contributed by atoms with Gasteiger partial charge in [-0.05, 0) is 26.0 Å². The topological polar surface area (TPSA) is 125 Å². The first kappa shape index (κ1) is 18.0. The summed E-state index contributed by atoms with van der Waals surface area (Å²) in [4.78, 5) is 22.5. The van der Waals surface area contributed by atoms with Crippen LogP contribution in [-0.4, -0.2) is 25.8 Å². The first-order valence-corrected chi connectivity index (χ1v) is 7.69. The van der Waals surface area contributed by atoms with E-state index in [2.05, 4.69) is 15.6 Å². The molecule has 1 N–H and O–H groups in total. The highest BCUT2D eigenvalue weighted by molar-refractivity contribution is 6.03. The van der Waals surface area contributed by atoms with Crippen LogP contribution in [0.2, 0.25) is 0 Å². The molecule has 0 fully saturated rings. The van der Waals surface area contributed by atoms with Crippen molar-refractivity contribution in [2.45, 2.75) is 20.6 Å². The third kappa shape index (κ3) is 3.92. The van der Waals surface area contributed by atoms with E-state index in [1.807, 2.05) is 0 Å². The summed E-state index contributed by atoms with van der Waals surface area (Å²) in [6.45, 7) is 3.10. The number of nitrogens with zero attached hydrogens (tertiary/aromatic N) is 4. The molecule has 0 aliphatic carbocycles. The number of hydrogen-bond acceptors (Lipinski definition) is 7. The van der Waals surface area contributed by atoms with Gasteiger partial charge in [0.1, 0.15) is 17.2 Å². The van der Waals surface area contributed by atoms with Crippen molar-refractivity contribution in [1.29, 1.82) is 0 Å². The molecular weight excluding hydrogens is 361 g/mol. The van der Waals surface area contributed by atoms with Crippen molar-refractivity contribution in [1.82, 2.24) is 14.9 Å². The summed E-state index contributed by atoms with van der Waals surface area (Å²) >= 11 is 0. The van der Waals surface area contributed by atoms with Crippen molar-refractivity contribution in [2.75, 3.05) is 5.32 Å². The molecule has 1 amide bonds. The zero-order valence-corrected chi connectivity index (χ0v) is 14.3. The van der Waals surface area contributed by atoms with Gasteiger partial charge < -0.3 is 14.6 Å². The summed E-state index contributed by atoms with van der Waals surface area (Å²) in [7, 11) is 0. The van der Waals surface area contributed by atoms with E-state index < -0.39 is 16.6 Å². The Morgan fingerprint density at radius 3 is 2.85 bits per heavy atom. The van der Waals surface area contributed by atoms with Crippen LogP contribution in [0.4, 0.5) is 15.8 Å². The molecule has 140 valence electrons. The number of aromatic nitrogens is 3. The molecule has 0 atom stereocenters. The fourth-order valence-electron chi connectivity index (χ4n) is 2.28. The smallest absolute Gasteiger partial charge is 0.311 e. The van der Waals surface area contributed by atoms with Gasteiger partial charge in [-0.3, -0.25) is 14.9 Å². The highest BCUT2D eigenvalue weighted by atomic mass is 19.1. The van der Waals surface area contributed by atoms with Crippen molar-refractivity contribution in [3.63, 3.8) is 0 Å². The Balaban J connectivity index is 1.69. The summed E-state index contributed by atoms with van der Waals surface area (Å²) < 4.78 is 24.8. The molecule has 0 saturated heterocycles. The van der Waals surface area contributed by atoms with Crippen molar-refractivity contribution in [2.24, 2.45) is 0 Å². The Hall–Kier alpha value is -3.76. The van der Waals surface area contributed by atoms with Crippen molar-refractivity contribution >= 4 is 17.3 Å². The molecule has 11 heteroatoms. The van der Waals surface area contributed by atoms with Gasteiger partial charge in [-0.2, -0.15) is 5.10 Å². The highest BCUT2D eigenvalue weighted by Gasteiger charge is 2.18. The third-order valence-corrected chi connectivity index (χ3v) is 3.62. The molecule has 1 aromatic carbocycles. The van der Waals surface area contributed by atoms with Crippen LogP contribution in [0.15, 0.2) is 35.0 Å². The summed E-state index contributed by atoms with van der Waals surface area (Å²) in [6, 6.07) is 4.33. The number of anilines is 1. The van der Waals surface area contributed by atoms with Gasteiger partial charge in [0.25, 0.3) is 5.91 Å². The molecule has 0 saturated carbocycles. The van der Waals surface area contributed by atoms with Gasteiger partial charge in [-0.1, -0.05) is 5.16 Å². The van der Waals surface area contributed by atoms with Crippen LogP contribution >= 0.6 is 0 Å². The molecule has 2 aromatic heterocycles. The zero-order valence-electron chi connectivity index (χ0n) is 14.3. The summed E-state index contributed by atoms with van der Waals surface area (Å²) in [5.74, 6) is -0.935. The molecule has 0 bridgehead atoms. The lowest BCUT2D eigenvalue weighted by atomic mass is 10.3. The fraction of sp³-hybridized carbons (Fsp3) is 0.188. The largest absolute Gasteiger partial charge is 0.464 e. The normalized spacial score (nSPS) is 10.6. The number of nitro benzene ring substituents is 1. The number of aryl methyl sites for hydroxylation is 2. The Bertz CT molecular complexity index is 993. The van der Waals surface area contributed by atoms with Gasteiger partial charge in [0.05, 0.1) is 4.92 Å². The predicted octanol–water partition coefficient (Wildman–Crippen LogP) is 2.82. The van der Waals surface area contributed by atoms with Crippen LogP contribution in [0.3, 0.4) is 0 Å². The fourth-order valence-corrected chi connectivity index (χ4v) is 2.28. The lowest BCUT2D eigenvalue weighted by molar-refractivity contribution is -0.386. The number of benzene rings is 1. The van der Waals surface area contributed by atoms with E-state index in [9.17, 15) is 19.3 Å². The van der Waals surface area contributed by atoms with Crippen LogP contribution in [0.25, 0.3) is 0 Å². The molecule has 27 heavy (non-hydrogen) atoms. The van der Waals surface area contributed by atoms with Gasteiger partial charge in [0.15, 0.2) is 18.2 Å². The number of nitro groups is 1. The quantitative estimate of drug-likeness (QED) is 0.518. The van der Waals surface area contributed by atoms with Crippen LogP contribution in [-0.2, 0) is 6.73 Å². The maximum atomic E-state index is 13.3. The summed E-state index contributed by atoms with van der Waals surface area (Å²) in [5, 5.41) is 21.4. The minimum atomic E-state index is -0.680. The number of hydrogen-bond donors (Lipinski definition) is 1. The van der Waals surface area contributed by atoms with E-state index in [0.717, 1.165) is 18.2 Å². The molecule has 3 aromatic rings. The first-order valence-electron chi connectivity index (χ1n) is 7.69. The van der Waals surface area contributed by atoms with Crippen LogP contribution in [0.5, 0.6) is 5.75 Å². The van der Waals surface area contributed by atoms with Gasteiger partial charge in [-0.25, -0.2) is 9.07 Å². The molecule has 0 aliphatic rings. The highest BCUT2D eigenvalue weighted by Crippen LogP contribution is 2.27. The van der Waals surface area contributed by atoms with Gasteiger partial charge in [-0.15, -0.1) is 0 Å². The predicted molar refractivity (Wildman–Crippen MR) is 89.8 cm³/mol. The number of ether oxygens (including phenoxy) is 1. The van der Waals surface area contributed by atoms with E-state index in [0.29, 0.717) is 17.1 Å². The van der Waals surface area contributed by atoms with Gasteiger partial charge in [0.2, 0.25) is 5.75 Å². The Labute approximate surface area is 151 Å². The second kappa shape index (κ2) is 7.23. The second-order valence-corrected chi connectivity index (χ2v) is 5.54. The maximum absolute atomic E-state index is 13.3. The van der Waals surface area contributed by atoms with Gasteiger partial charge >= 0.3 is 5.69 Å². The van der Waals surface area contributed by atoms with E-state index in [1.54, 1.807) is 13.8 Å². The molecule has 3 rings (SSSR count). The molecule has 10 nitrogen and oxygen atoms in total. The van der Waals surface area contributed by atoms with E-state index in [4.69, 9.17) is 9.26 Å². The van der Waals surface area contributed by atoms with E-state index >= 15 is 0 Å². The monoisotopic (exact) mass is 375 g/mol. The lowest BCUT2D eigenvalue weighted by Gasteiger charge is -2.07. The number of carbonyl (C=O) groups is 1. The van der Waals surface area contributed by atoms with E-state index in [1.165, 1.54) is 16.9 Å². The Morgan fingerprint density at radius 1 is 1.41 bits per heavy atom. The molecule has 0 unspecified atom stereocenters. The van der Waals surface area contributed by atoms with Crippen molar-refractivity contribution in [3.8, 4) is 5.75 Å². The lowest BCUT2D eigenvalue weighted by Crippen LogP contribution is -2.15. The molecule has 0 radical (unpaired) electrons. The molecule has 2 heterocycles. The first-order chi connectivity index (χ1) is 12.8. The third-order valence-electron chi connectivity index (χ3n) is 3.62. The van der Waals surface area contributed by atoms with Crippen LogP contribution < -0.4 is 10.1 Å². The molecule has 0 aliphatic heterocycles. The minimum absolute atomic E-state index is 0.0901. The molecular formula is C16H14FN5O5. The Kier molecular flexibility index (Phi) is 4.83. The number of amides is 1. The van der Waals surface area contributed by atoms with Crippen molar-refractivity contribution < 1.29 is 23.4 Å². The van der Waals surface area contributed by atoms with E-state index in [-0.39, 0.29) is 23.9 Å². The average molecular weight is 375 g/mol. The van der Waals surface area contributed by atoms with Crippen molar-refractivity contribution in [3.05, 3.63) is 63.5 Å². The summed E-state index contributed by atoms with van der Waals surface area (Å²) in [5.41, 5.74) is 0.704. The number of halogens is 1. The second-order valence-electron chi connectivity index (χ2n) is 5.54. The Morgan fingerprint density at radius 2 is 2.19 bits per heavy atom. The minimum Gasteiger partial charge on any atom is -0.464 e. The number of nitrogens with one attached hydrogen (secondary N) is 1. The standard InChI is InChI=1S/C16H14FN5O5/c1-9-15(10(2)27-20-9)18-16(23)12-5-6-21(19-12)8-26-14-7-11(17)3-4-13(14)22(24)25/h3-7H,8H2,1-2H3,(H,18,23). The SMILES string of the molecule is Cc1noc(C)c1NC(=O)c1ccn(COc2cc(F)ccc2[N+](=O)[O-])n1. The molecule has 0 spiro atoms. The number of carbonyl (C=O) groups excluding carboxylic acids is 1.